The molecule has 0 saturated carbocycles. The molecular formula is C25H28N2O4S. The fourth-order valence-corrected chi connectivity index (χ4v) is 3.56. The average molecular weight is 453 g/mol. The summed E-state index contributed by atoms with van der Waals surface area (Å²) in [4.78, 5) is 12.7. The summed E-state index contributed by atoms with van der Waals surface area (Å²) >= 11 is 0. The molecule has 0 fully saturated rings. The van der Waals surface area contributed by atoms with Gasteiger partial charge in [0, 0.05) is 13.6 Å². The van der Waals surface area contributed by atoms with Gasteiger partial charge in [0.05, 0.1) is 12.3 Å². The first-order chi connectivity index (χ1) is 15.2. The zero-order chi connectivity index (χ0) is 23.1. The van der Waals surface area contributed by atoms with E-state index in [4.69, 9.17) is 4.74 Å². The van der Waals surface area contributed by atoms with E-state index in [1.165, 1.54) is 17.6 Å². The van der Waals surface area contributed by atoms with E-state index in [1.54, 1.807) is 24.3 Å². The highest BCUT2D eigenvalue weighted by Crippen LogP contribution is 2.22. The van der Waals surface area contributed by atoms with Gasteiger partial charge in [0.25, 0.3) is 5.91 Å². The number of hydrogen-bond donors (Lipinski definition) is 1. The van der Waals surface area contributed by atoms with Crippen LogP contribution in [0.15, 0.2) is 78.9 Å². The molecule has 3 rings (SSSR count). The Bertz CT molecular complexity index is 1130. The zero-order valence-electron chi connectivity index (χ0n) is 18.5. The van der Waals surface area contributed by atoms with Crippen LogP contribution < -0.4 is 10.1 Å². The van der Waals surface area contributed by atoms with Crippen LogP contribution in [0.5, 0.6) is 5.75 Å². The minimum Gasteiger partial charge on any atom is -0.484 e. The van der Waals surface area contributed by atoms with Crippen molar-refractivity contribution >= 4 is 15.9 Å². The summed E-state index contributed by atoms with van der Waals surface area (Å²) < 4.78 is 30.0. The number of nitrogens with one attached hydrogen (secondary N) is 1. The molecule has 6 nitrogen and oxygen atoms in total. The average Bonchev–Trinajstić information content (AvgIpc) is 2.77. The first kappa shape index (κ1) is 23.5. The molecule has 3 aromatic rings. The van der Waals surface area contributed by atoms with E-state index < -0.39 is 10.0 Å². The summed E-state index contributed by atoms with van der Waals surface area (Å²) in [6.07, 6.45) is 1.17. The maximum absolute atomic E-state index is 12.7. The Morgan fingerprint density at radius 2 is 1.53 bits per heavy atom. The summed E-state index contributed by atoms with van der Waals surface area (Å²) in [5, 5.41) is 3.06. The number of benzene rings is 3. The van der Waals surface area contributed by atoms with Crippen LogP contribution in [0.1, 0.15) is 28.3 Å². The Kier molecular flexibility index (Phi) is 7.66. The lowest BCUT2D eigenvalue weighted by Crippen LogP contribution is -2.33. The molecule has 0 radical (unpaired) electrons. The lowest BCUT2D eigenvalue weighted by atomic mass is 9.98. The van der Waals surface area contributed by atoms with Gasteiger partial charge in [-0.25, -0.2) is 12.7 Å². The molecule has 0 aliphatic carbocycles. The van der Waals surface area contributed by atoms with Crippen LogP contribution >= 0.6 is 0 Å². The second kappa shape index (κ2) is 10.4. The first-order valence-corrected chi connectivity index (χ1v) is 12.1. The van der Waals surface area contributed by atoms with Gasteiger partial charge in [0.2, 0.25) is 10.0 Å². The van der Waals surface area contributed by atoms with Crippen molar-refractivity contribution in [3.05, 3.63) is 101 Å². The minimum absolute atomic E-state index is 0.127. The predicted octanol–water partition coefficient (Wildman–Crippen LogP) is 3.67. The van der Waals surface area contributed by atoms with Gasteiger partial charge >= 0.3 is 0 Å². The zero-order valence-corrected chi connectivity index (χ0v) is 19.3. The number of ether oxygens (including phenoxy) is 1. The highest BCUT2D eigenvalue weighted by atomic mass is 32.2. The van der Waals surface area contributed by atoms with Gasteiger partial charge in [0.1, 0.15) is 5.75 Å². The molecule has 1 N–H and O–H groups in total. The van der Waals surface area contributed by atoms with Crippen LogP contribution in [-0.2, 0) is 21.4 Å². The van der Waals surface area contributed by atoms with Crippen molar-refractivity contribution in [2.45, 2.75) is 19.5 Å². The maximum Gasteiger partial charge on any atom is 0.258 e. The molecule has 1 amide bonds. The molecule has 0 aliphatic heterocycles. The Labute approximate surface area is 189 Å². The molecule has 0 aliphatic rings. The predicted molar refractivity (Wildman–Crippen MR) is 126 cm³/mol. The van der Waals surface area contributed by atoms with Gasteiger partial charge in [-0.05, 0) is 35.7 Å². The van der Waals surface area contributed by atoms with E-state index in [2.05, 4.69) is 5.32 Å². The maximum atomic E-state index is 12.7. The fraction of sp³-hybridized carbons (Fsp3) is 0.240. The van der Waals surface area contributed by atoms with E-state index in [9.17, 15) is 13.2 Å². The smallest absolute Gasteiger partial charge is 0.258 e. The molecule has 0 saturated heterocycles. The standard InChI is InChI=1S/C25H28N2O4S/c1-19-9-13-22(14-10-19)25(21-7-5-4-6-8-21)26-24(28)18-31-23-15-11-20(12-16-23)17-27(2)32(3,29)30/h4-16,25H,17-18H2,1-3H3,(H,26,28). The number of hydrogen-bond acceptors (Lipinski definition) is 4. The number of sulfonamides is 1. The summed E-state index contributed by atoms with van der Waals surface area (Å²) in [5.41, 5.74) is 3.97. The van der Waals surface area contributed by atoms with Gasteiger partial charge in [-0.15, -0.1) is 0 Å². The Morgan fingerprint density at radius 1 is 0.938 bits per heavy atom. The van der Waals surface area contributed by atoms with Crippen LogP contribution in [0, 0.1) is 6.92 Å². The molecule has 0 spiro atoms. The van der Waals surface area contributed by atoms with Crippen molar-refractivity contribution in [2.75, 3.05) is 19.9 Å². The molecule has 3 aromatic carbocycles. The van der Waals surface area contributed by atoms with Crippen LogP contribution in [0.2, 0.25) is 0 Å². The first-order valence-electron chi connectivity index (χ1n) is 10.3. The van der Waals surface area contributed by atoms with E-state index in [0.29, 0.717) is 5.75 Å². The Balaban J connectivity index is 1.62. The number of carbonyl (C=O) groups is 1. The number of amides is 1. The minimum atomic E-state index is -3.24. The van der Waals surface area contributed by atoms with Crippen molar-refractivity contribution < 1.29 is 17.9 Å². The third-order valence-corrected chi connectivity index (χ3v) is 6.37. The van der Waals surface area contributed by atoms with Gasteiger partial charge in [-0.2, -0.15) is 0 Å². The molecule has 32 heavy (non-hydrogen) atoms. The number of aryl methyl sites for hydroxylation is 1. The van der Waals surface area contributed by atoms with Crippen molar-refractivity contribution in [3.63, 3.8) is 0 Å². The fourth-order valence-electron chi connectivity index (χ4n) is 3.18. The van der Waals surface area contributed by atoms with Crippen LogP contribution in [0.4, 0.5) is 0 Å². The quantitative estimate of drug-likeness (QED) is 0.538. The SMILES string of the molecule is Cc1ccc(C(NC(=O)COc2ccc(CN(C)S(C)(=O)=O)cc2)c2ccccc2)cc1. The van der Waals surface area contributed by atoms with E-state index >= 15 is 0 Å². The topological polar surface area (TPSA) is 75.7 Å². The largest absolute Gasteiger partial charge is 0.484 e. The van der Waals surface area contributed by atoms with Gasteiger partial charge in [-0.3, -0.25) is 4.79 Å². The van der Waals surface area contributed by atoms with Crippen LogP contribution in [0.25, 0.3) is 0 Å². The van der Waals surface area contributed by atoms with Crippen molar-refractivity contribution in [2.24, 2.45) is 0 Å². The summed E-state index contributed by atoms with van der Waals surface area (Å²) in [5.74, 6) is 0.304. The van der Waals surface area contributed by atoms with Crippen LogP contribution in [-0.4, -0.2) is 38.5 Å². The summed E-state index contributed by atoms with van der Waals surface area (Å²) in [7, 11) is -1.71. The van der Waals surface area contributed by atoms with Crippen LogP contribution in [0.3, 0.4) is 0 Å². The van der Waals surface area contributed by atoms with E-state index in [0.717, 1.165) is 22.3 Å². The summed E-state index contributed by atoms with van der Waals surface area (Å²) in [6.45, 7) is 2.17. The molecule has 0 bridgehead atoms. The molecule has 0 aromatic heterocycles. The van der Waals surface area contributed by atoms with Crippen molar-refractivity contribution in [1.82, 2.24) is 9.62 Å². The van der Waals surface area contributed by atoms with Crippen molar-refractivity contribution in [1.29, 1.82) is 0 Å². The second-order valence-electron chi connectivity index (χ2n) is 7.77. The normalized spacial score (nSPS) is 12.4. The summed E-state index contributed by atoms with van der Waals surface area (Å²) in [6, 6.07) is 24.6. The lowest BCUT2D eigenvalue weighted by Gasteiger charge is -2.20. The Hall–Kier alpha value is -3.16. The number of carbonyl (C=O) groups excluding carboxylic acids is 1. The molecule has 1 atom stereocenters. The molecule has 168 valence electrons. The number of nitrogens with zero attached hydrogens (tertiary/aromatic N) is 1. The van der Waals surface area contributed by atoms with Crippen molar-refractivity contribution in [3.8, 4) is 5.75 Å². The molecular weight excluding hydrogens is 424 g/mol. The van der Waals surface area contributed by atoms with Gasteiger partial charge < -0.3 is 10.1 Å². The van der Waals surface area contributed by atoms with Gasteiger partial charge in [-0.1, -0.05) is 72.3 Å². The van der Waals surface area contributed by atoms with E-state index in [1.807, 2.05) is 61.5 Å². The highest BCUT2D eigenvalue weighted by molar-refractivity contribution is 7.88. The third-order valence-electron chi connectivity index (χ3n) is 5.11. The lowest BCUT2D eigenvalue weighted by molar-refractivity contribution is -0.123. The monoisotopic (exact) mass is 452 g/mol. The van der Waals surface area contributed by atoms with E-state index in [-0.39, 0.29) is 25.1 Å². The molecule has 1 unspecified atom stereocenters. The van der Waals surface area contributed by atoms with Gasteiger partial charge in [0.15, 0.2) is 6.61 Å². The molecule has 0 heterocycles. The second-order valence-corrected chi connectivity index (χ2v) is 9.86. The third kappa shape index (κ3) is 6.67. The Morgan fingerprint density at radius 3 is 2.12 bits per heavy atom. The molecule has 7 heteroatoms. The number of rotatable bonds is 9. The highest BCUT2D eigenvalue weighted by Gasteiger charge is 2.17.